The van der Waals surface area contributed by atoms with Crippen LogP contribution >= 0.6 is 0 Å². The Bertz CT molecular complexity index is 3060. The van der Waals surface area contributed by atoms with E-state index < -0.39 is 0 Å². The SMILES string of the molecule is CCCCCCc1cc(CCCCCC)cc(-n2c3ccccc3c3c[c-]c(-c4ncc(-c5nc(-c6ccc(C(C)(C)C)cc6)nc(-c6ccc(C(C)(C)C)cc6)n5)c5ccccc45)cc32)c1.[Ir]. The van der Waals surface area contributed by atoms with Gasteiger partial charge in [0.2, 0.25) is 0 Å². The smallest absolute Gasteiger partial charge is 0.166 e. The first-order valence-corrected chi connectivity index (χ1v) is 24.8. The molecule has 0 amide bonds. The molecule has 9 aromatic rings. The van der Waals surface area contributed by atoms with E-state index in [1.807, 2.05) is 6.20 Å². The number of pyridine rings is 1. The van der Waals surface area contributed by atoms with Gasteiger partial charge in [0.25, 0.3) is 0 Å². The minimum Gasteiger partial charge on any atom is -0.328 e. The number of aryl methyl sites for hydroxylation is 2. The third kappa shape index (κ3) is 10.4. The number of rotatable bonds is 15. The number of aromatic nitrogens is 5. The van der Waals surface area contributed by atoms with Crippen molar-refractivity contribution in [3.8, 4) is 51.1 Å². The van der Waals surface area contributed by atoms with Crippen molar-refractivity contribution in [1.82, 2.24) is 24.5 Å². The van der Waals surface area contributed by atoms with E-state index in [1.54, 1.807) is 0 Å². The van der Waals surface area contributed by atoms with Crippen LogP contribution in [0.4, 0.5) is 0 Å². The molecule has 0 aliphatic rings. The molecule has 3 heterocycles. The third-order valence-corrected chi connectivity index (χ3v) is 13.5. The molecule has 0 unspecified atom stereocenters. The van der Waals surface area contributed by atoms with E-state index in [-0.39, 0.29) is 30.9 Å². The van der Waals surface area contributed by atoms with E-state index in [9.17, 15) is 0 Å². The van der Waals surface area contributed by atoms with Crippen molar-refractivity contribution >= 4 is 32.6 Å². The fraction of sp³-hybridized carbons (Fsp3) is 0.323. The second-order valence-corrected chi connectivity index (χ2v) is 20.7. The minimum atomic E-state index is 0. The molecule has 6 aromatic carbocycles. The Balaban J connectivity index is 0.00000625. The van der Waals surface area contributed by atoms with Gasteiger partial charge in [-0.15, -0.1) is 23.8 Å². The number of benzene rings is 6. The van der Waals surface area contributed by atoms with E-state index in [0.717, 1.165) is 57.1 Å². The van der Waals surface area contributed by atoms with Crippen molar-refractivity contribution in [3.63, 3.8) is 0 Å². The first-order valence-electron chi connectivity index (χ1n) is 24.8. The quantitative estimate of drug-likeness (QED) is 0.0758. The van der Waals surface area contributed by atoms with Crippen molar-refractivity contribution in [3.05, 3.63) is 162 Å². The monoisotopic (exact) mass is 1070 g/mol. The van der Waals surface area contributed by atoms with Crippen LogP contribution in [0.1, 0.15) is 129 Å². The first kappa shape index (κ1) is 48.6. The summed E-state index contributed by atoms with van der Waals surface area (Å²) in [5.41, 5.74) is 13.6. The largest absolute Gasteiger partial charge is 0.328 e. The van der Waals surface area contributed by atoms with Gasteiger partial charge in [-0.3, -0.25) is 0 Å². The van der Waals surface area contributed by atoms with E-state index in [0.29, 0.717) is 17.5 Å². The van der Waals surface area contributed by atoms with Gasteiger partial charge in [-0.05, 0) is 104 Å². The van der Waals surface area contributed by atoms with Crippen molar-refractivity contribution in [1.29, 1.82) is 0 Å². The third-order valence-electron chi connectivity index (χ3n) is 13.5. The van der Waals surface area contributed by atoms with Gasteiger partial charge >= 0.3 is 0 Å². The molecule has 0 aliphatic carbocycles. The average Bonchev–Trinajstić information content (AvgIpc) is 3.67. The second kappa shape index (κ2) is 20.8. The molecule has 5 nitrogen and oxygen atoms in total. The summed E-state index contributed by atoms with van der Waals surface area (Å²) in [6, 6.07) is 50.2. The molecule has 0 spiro atoms. The van der Waals surface area contributed by atoms with E-state index >= 15 is 0 Å². The summed E-state index contributed by atoms with van der Waals surface area (Å²) in [7, 11) is 0. The molecule has 0 atom stereocenters. The van der Waals surface area contributed by atoms with Gasteiger partial charge in [0.15, 0.2) is 17.5 Å². The zero-order chi connectivity index (χ0) is 46.7. The van der Waals surface area contributed by atoms with Crippen molar-refractivity contribution in [2.24, 2.45) is 0 Å². The maximum atomic E-state index is 5.28. The maximum absolute atomic E-state index is 5.28. The van der Waals surface area contributed by atoms with Crippen molar-refractivity contribution in [2.75, 3.05) is 0 Å². The number of unbranched alkanes of at least 4 members (excludes halogenated alkanes) is 6. The molecule has 0 fully saturated rings. The number of hydrogen-bond donors (Lipinski definition) is 0. The Morgan fingerprint density at radius 2 is 1.01 bits per heavy atom. The van der Waals surface area contributed by atoms with Crippen LogP contribution in [0.15, 0.2) is 134 Å². The molecule has 6 heteroatoms. The Hall–Kier alpha value is -5.81. The fourth-order valence-electron chi connectivity index (χ4n) is 9.57. The molecule has 0 aliphatic heterocycles. The number of fused-ring (bicyclic) bond motifs is 4. The molecule has 0 N–H and O–H groups in total. The van der Waals surface area contributed by atoms with Crippen LogP contribution in [0.2, 0.25) is 0 Å². The molecule has 3 aromatic heterocycles. The summed E-state index contributed by atoms with van der Waals surface area (Å²) >= 11 is 0. The summed E-state index contributed by atoms with van der Waals surface area (Å²) < 4.78 is 2.49. The predicted octanol–water partition coefficient (Wildman–Crippen LogP) is 16.8. The zero-order valence-corrected chi connectivity index (χ0v) is 43.7. The minimum absolute atomic E-state index is 0. The van der Waals surface area contributed by atoms with Crippen LogP contribution in [-0.2, 0) is 43.8 Å². The van der Waals surface area contributed by atoms with Crippen LogP contribution < -0.4 is 0 Å². The Labute approximate surface area is 418 Å². The summed E-state index contributed by atoms with van der Waals surface area (Å²) in [6.07, 6.45) is 14.2. The summed E-state index contributed by atoms with van der Waals surface area (Å²) in [6.45, 7) is 18.0. The van der Waals surface area contributed by atoms with Gasteiger partial charge < -0.3 is 9.55 Å². The van der Waals surface area contributed by atoms with Crippen molar-refractivity contribution < 1.29 is 20.1 Å². The van der Waals surface area contributed by atoms with Gasteiger partial charge in [-0.1, -0.05) is 196 Å². The normalized spacial score (nSPS) is 12.0. The average molecular weight is 1070 g/mol. The zero-order valence-electron chi connectivity index (χ0n) is 41.3. The maximum Gasteiger partial charge on any atom is 0.166 e. The van der Waals surface area contributed by atoms with Crippen LogP contribution in [0.5, 0.6) is 0 Å². The Morgan fingerprint density at radius 3 is 1.56 bits per heavy atom. The number of hydrogen-bond acceptors (Lipinski definition) is 4. The van der Waals surface area contributed by atoms with Crippen LogP contribution in [-0.4, -0.2) is 24.5 Å². The van der Waals surface area contributed by atoms with E-state index in [2.05, 4.69) is 193 Å². The molecular formula is C62H66IrN5-. The predicted molar refractivity (Wildman–Crippen MR) is 283 cm³/mol. The van der Waals surface area contributed by atoms with Gasteiger partial charge in [0.1, 0.15) is 0 Å². The van der Waals surface area contributed by atoms with Gasteiger partial charge in [0, 0.05) is 54.2 Å². The standard InChI is InChI=1S/C62H66N5.Ir/c1-9-11-13-15-21-42-37-43(22-16-14-12-10-2)39-49(38-42)67-55-26-20-19-24-51(55)52-36-31-46(40-56(52)67)57-53-25-18-17-23-50(53)54(41-63-57)60-65-58(44-27-32-47(33-28-44)61(3,4)5)64-59(66-60)45-29-34-48(35-30-45)62(6,7)8;/h17-20,23-30,32-41H,9-16,21-22H2,1-8H3;/q-1;. The van der Waals surface area contributed by atoms with Gasteiger partial charge in [-0.25, -0.2) is 15.0 Å². The van der Waals surface area contributed by atoms with Crippen LogP contribution in [0.25, 0.3) is 83.7 Å². The van der Waals surface area contributed by atoms with E-state index in [1.165, 1.54) is 95.6 Å². The molecule has 0 saturated carbocycles. The summed E-state index contributed by atoms with van der Waals surface area (Å²) in [5, 5.41) is 4.47. The Kier molecular flexibility index (Phi) is 14.9. The van der Waals surface area contributed by atoms with Gasteiger partial charge in [-0.2, -0.15) is 0 Å². The number of nitrogens with zero attached hydrogens (tertiary/aromatic N) is 5. The topological polar surface area (TPSA) is 56.5 Å². The van der Waals surface area contributed by atoms with E-state index in [4.69, 9.17) is 19.9 Å². The van der Waals surface area contributed by atoms with Crippen LogP contribution in [0.3, 0.4) is 0 Å². The second-order valence-electron chi connectivity index (χ2n) is 20.7. The molecule has 1 radical (unpaired) electrons. The summed E-state index contributed by atoms with van der Waals surface area (Å²) in [5.74, 6) is 1.86. The van der Waals surface area contributed by atoms with Gasteiger partial charge in [0.05, 0.1) is 0 Å². The van der Waals surface area contributed by atoms with Crippen molar-refractivity contribution in [2.45, 2.75) is 130 Å². The molecule has 0 bridgehead atoms. The molecule has 68 heavy (non-hydrogen) atoms. The first-order chi connectivity index (χ1) is 32.4. The fourth-order valence-corrected chi connectivity index (χ4v) is 9.57. The van der Waals surface area contributed by atoms with Crippen LogP contribution in [0, 0.1) is 6.07 Å². The Morgan fingerprint density at radius 1 is 0.500 bits per heavy atom. The molecule has 9 rings (SSSR count). The summed E-state index contributed by atoms with van der Waals surface area (Å²) in [4.78, 5) is 20.8. The molecular weight excluding hydrogens is 1010 g/mol. The molecule has 349 valence electrons. The molecule has 0 saturated heterocycles. The number of para-hydroxylation sites is 1.